The van der Waals surface area contributed by atoms with E-state index in [4.69, 9.17) is 4.74 Å². The number of nitrogens with zero attached hydrogens (tertiary/aromatic N) is 2. The van der Waals surface area contributed by atoms with Crippen molar-refractivity contribution in [1.29, 1.82) is 0 Å². The minimum Gasteiger partial charge on any atom is -0.494 e. The van der Waals surface area contributed by atoms with Crippen LogP contribution in [0, 0.1) is 0 Å². The molecule has 2 aromatic rings. The van der Waals surface area contributed by atoms with Crippen LogP contribution in [0.15, 0.2) is 59.7 Å². The molecule has 6 heteroatoms. The minimum absolute atomic E-state index is 0.0415. The monoisotopic (exact) mass is 381 g/mol. The third kappa shape index (κ3) is 6.09. The van der Waals surface area contributed by atoms with Crippen molar-refractivity contribution in [1.82, 2.24) is 5.43 Å². The van der Waals surface area contributed by atoms with Crippen molar-refractivity contribution in [3.63, 3.8) is 0 Å². The molecule has 1 saturated heterocycles. The van der Waals surface area contributed by atoms with Gasteiger partial charge in [-0.15, -0.1) is 0 Å². The second-order valence-electron chi connectivity index (χ2n) is 6.87. The fourth-order valence-corrected chi connectivity index (χ4v) is 3.31. The van der Waals surface area contributed by atoms with Gasteiger partial charge in [-0.2, -0.15) is 5.10 Å². The highest BCUT2D eigenvalue weighted by Gasteiger charge is 2.20. The molecular formula is C22H29N4O2+. The molecule has 0 bridgehead atoms. The summed E-state index contributed by atoms with van der Waals surface area (Å²) in [5.41, 5.74) is 4.82. The van der Waals surface area contributed by atoms with Crippen molar-refractivity contribution < 1.29 is 14.4 Å². The Morgan fingerprint density at radius 3 is 2.54 bits per heavy atom. The smallest absolute Gasteiger partial charge is 0.245 e. The predicted molar refractivity (Wildman–Crippen MR) is 112 cm³/mol. The third-order valence-electron chi connectivity index (χ3n) is 4.89. The van der Waals surface area contributed by atoms with Gasteiger partial charge in [0.05, 0.1) is 52.0 Å². The van der Waals surface area contributed by atoms with E-state index in [2.05, 4.69) is 39.7 Å². The summed E-state index contributed by atoms with van der Waals surface area (Å²) in [5.74, 6) is 0.791. The molecule has 1 heterocycles. The zero-order valence-corrected chi connectivity index (χ0v) is 16.4. The zero-order valence-electron chi connectivity index (χ0n) is 16.4. The van der Waals surface area contributed by atoms with Crippen molar-refractivity contribution in [2.75, 3.05) is 44.2 Å². The van der Waals surface area contributed by atoms with Gasteiger partial charge < -0.3 is 14.5 Å². The average Bonchev–Trinajstić information content (AvgIpc) is 2.75. The maximum absolute atomic E-state index is 12.0. The Bertz CT molecular complexity index is 754. The van der Waals surface area contributed by atoms with E-state index in [0.717, 1.165) is 44.0 Å². The summed E-state index contributed by atoms with van der Waals surface area (Å²) in [5, 5.41) is 4.05. The summed E-state index contributed by atoms with van der Waals surface area (Å²) in [4.78, 5) is 15.9. The van der Waals surface area contributed by atoms with E-state index in [1.54, 1.807) is 6.21 Å². The molecule has 0 aromatic heterocycles. The summed E-state index contributed by atoms with van der Waals surface area (Å²) < 4.78 is 5.41. The van der Waals surface area contributed by atoms with Crippen LogP contribution in [-0.4, -0.2) is 51.5 Å². The number of piperazine rings is 1. The first-order valence-corrected chi connectivity index (χ1v) is 9.93. The molecule has 0 saturated carbocycles. The van der Waals surface area contributed by atoms with E-state index in [0.29, 0.717) is 13.0 Å². The van der Waals surface area contributed by atoms with Crippen molar-refractivity contribution in [3.8, 4) is 5.75 Å². The standard InChI is InChI=1S/C22H28N4O2/c1-2-28-21-10-8-19(9-11-21)18-23-24-22(27)12-13-25-14-16-26(17-15-25)20-6-4-3-5-7-20/h3-11,18H,2,12-17H2,1H3,(H,24,27)/p+1/b23-18-. The predicted octanol–water partition coefficient (Wildman–Crippen LogP) is 1.33. The Balaban J connectivity index is 1.34. The molecule has 0 radical (unpaired) electrons. The largest absolute Gasteiger partial charge is 0.494 e. The van der Waals surface area contributed by atoms with Gasteiger partial charge in [-0.3, -0.25) is 4.79 Å². The van der Waals surface area contributed by atoms with Crippen molar-refractivity contribution in [2.24, 2.45) is 5.10 Å². The van der Waals surface area contributed by atoms with Gasteiger partial charge in [0.25, 0.3) is 0 Å². The van der Waals surface area contributed by atoms with Crippen LogP contribution in [0.25, 0.3) is 0 Å². The fourth-order valence-electron chi connectivity index (χ4n) is 3.31. The minimum atomic E-state index is -0.0415. The highest BCUT2D eigenvalue weighted by molar-refractivity contribution is 5.82. The number of para-hydroxylation sites is 1. The summed E-state index contributed by atoms with van der Waals surface area (Å²) >= 11 is 0. The van der Waals surface area contributed by atoms with Crippen LogP contribution in [0.4, 0.5) is 5.69 Å². The summed E-state index contributed by atoms with van der Waals surface area (Å²) in [6.45, 7) is 7.60. The Kier molecular flexibility index (Phi) is 7.44. The zero-order chi connectivity index (χ0) is 19.6. The van der Waals surface area contributed by atoms with E-state index in [-0.39, 0.29) is 5.91 Å². The van der Waals surface area contributed by atoms with E-state index in [9.17, 15) is 4.79 Å². The van der Waals surface area contributed by atoms with E-state index < -0.39 is 0 Å². The average molecular weight is 382 g/mol. The molecule has 1 aliphatic heterocycles. The Labute approximate surface area is 166 Å². The SMILES string of the molecule is CCOc1ccc(/C=N\NC(=O)CC[NH+]2CCN(c3ccccc3)CC2)cc1. The normalized spacial score (nSPS) is 15.0. The molecule has 1 amide bonds. The number of carbonyl (C=O) groups excluding carboxylic acids is 1. The highest BCUT2D eigenvalue weighted by Crippen LogP contribution is 2.12. The molecule has 148 valence electrons. The van der Waals surface area contributed by atoms with Crippen LogP contribution in [-0.2, 0) is 4.79 Å². The van der Waals surface area contributed by atoms with Gasteiger partial charge >= 0.3 is 0 Å². The van der Waals surface area contributed by atoms with Crippen LogP contribution in [0.5, 0.6) is 5.75 Å². The maximum atomic E-state index is 12.0. The number of hydrazone groups is 1. The van der Waals surface area contributed by atoms with Crippen molar-refractivity contribution >= 4 is 17.8 Å². The van der Waals surface area contributed by atoms with Gasteiger partial charge in [-0.1, -0.05) is 18.2 Å². The number of anilines is 1. The molecular weight excluding hydrogens is 352 g/mol. The Hall–Kier alpha value is -2.86. The number of carbonyl (C=O) groups is 1. The molecule has 2 N–H and O–H groups in total. The first-order chi connectivity index (χ1) is 13.7. The summed E-state index contributed by atoms with van der Waals surface area (Å²) in [6.07, 6.45) is 2.14. The lowest BCUT2D eigenvalue weighted by molar-refractivity contribution is -0.900. The summed E-state index contributed by atoms with van der Waals surface area (Å²) in [6, 6.07) is 18.1. The van der Waals surface area contributed by atoms with Gasteiger partial charge in [-0.05, 0) is 48.9 Å². The lowest BCUT2D eigenvalue weighted by Crippen LogP contribution is -3.15. The van der Waals surface area contributed by atoms with E-state index in [1.165, 1.54) is 10.6 Å². The highest BCUT2D eigenvalue weighted by atomic mass is 16.5. The molecule has 1 fully saturated rings. The molecule has 0 aliphatic carbocycles. The molecule has 28 heavy (non-hydrogen) atoms. The fraction of sp³-hybridized carbons (Fsp3) is 0.364. The molecule has 3 rings (SSSR count). The summed E-state index contributed by atoms with van der Waals surface area (Å²) in [7, 11) is 0. The van der Waals surface area contributed by atoms with Gasteiger partial charge in [0, 0.05) is 5.69 Å². The van der Waals surface area contributed by atoms with Crippen LogP contribution >= 0.6 is 0 Å². The molecule has 6 nitrogen and oxygen atoms in total. The Morgan fingerprint density at radius 1 is 1.14 bits per heavy atom. The van der Waals surface area contributed by atoms with E-state index in [1.807, 2.05) is 37.3 Å². The quantitative estimate of drug-likeness (QED) is 0.536. The van der Waals surface area contributed by atoms with Gasteiger partial charge in [0.15, 0.2) is 0 Å². The van der Waals surface area contributed by atoms with Crippen LogP contribution < -0.4 is 20.0 Å². The number of hydrogen-bond donors (Lipinski definition) is 2. The Morgan fingerprint density at radius 2 is 1.86 bits per heavy atom. The number of rotatable bonds is 8. The number of amides is 1. The van der Waals surface area contributed by atoms with Gasteiger partial charge in [-0.25, -0.2) is 5.43 Å². The van der Waals surface area contributed by atoms with Gasteiger partial charge in [0.2, 0.25) is 5.91 Å². The number of benzene rings is 2. The second-order valence-corrected chi connectivity index (χ2v) is 6.87. The maximum Gasteiger partial charge on any atom is 0.245 e. The number of quaternary nitrogens is 1. The first-order valence-electron chi connectivity index (χ1n) is 9.93. The molecule has 1 aliphatic rings. The number of ether oxygens (including phenoxy) is 1. The molecule has 0 spiro atoms. The lowest BCUT2D eigenvalue weighted by atomic mass is 10.2. The van der Waals surface area contributed by atoms with Crippen molar-refractivity contribution in [3.05, 3.63) is 60.2 Å². The van der Waals surface area contributed by atoms with Gasteiger partial charge in [0.1, 0.15) is 5.75 Å². The molecule has 2 aromatic carbocycles. The number of hydrogen-bond acceptors (Lipinski definition) is 4. The van der Waals surface area contributed by atoms with E-state index >= 15 is 0 Å². The topological polar surface area (TPSA) is 58.4 Å². The second kappa shape index (κ2) is 10.5. The van der Waals surface area contributed by atoms with Crippen LogP contribution in [0.1, 0.15) is 18.9 Å². The van der Waals surface area contributed by atoms with Crippen molar-refractivity contribution in [2.45, 2.75) is 13.3 Å². The third-order valence-corrected chi connectivity index (χ3v) is 4.89. The number of nitrogens with one attached hydrogen (secondary N) is 2. The molecule has 0 atom stereocenters. The lowest BCUT2D eigenvalue weighted by Gasteiger charge is -2.33. The first kappa shape index (κ1) is 19.9. The van der Waals surface area contributed by atoms with Crippen LogP contribution in [0.2, 0.25) is 0 Å². The van der Waals surface area contributed by atoms with Crippen LogP contribution in [0.3, 0.4) is 0 Å². The molecule has 0 unspecified atom stereocenters.